The maximum absolute atomic E-state index is 12.0. The Morgan fingerprint density at radius 2 is 1.88 bits per heavy atom. The van der Waals surface area contributed by atoms with Crippen LogP contribution in [0.3, 0.4) is 0 Å². The van der Waals surface area contributed by atoms with E-state index in [0.29, 0.717) is 4.47 Å². The van der Waals surface area contributed by atoms with Gasteiger partial charge in [0.15, 0.2) is 5.82 Å². The molecule has 7 heteroatoms. The van der Waals surface area contributed by atoms with Crippen LogP contribution in [-0.4, -0.2) is 18.6 Å². The Balaban J connectivity index is 2.36. The van der Waals surface area contributed by atoms with E-state index in [1.807, 2.05) is 0 Å². The summed E-state index contributed by atoms with van der Waals surface area (Å²) in [4.78, 5) is 0.158. The van der Waals surface area contributed by atoms with Gasteiger partial charge in [0, 0.05) is 10.7 Å². The summed E-state index contributed by atoms with van der Waals surface area (Å²) in [5.41, 5.74) is 0. The molecule has 5 nitrogen and oxygen atoms in total. The molecule has 1 heterocycles. The van der Waals surface area contributed by atoms with E-state index in [9.17, 15) is 8.42 Å². The minimum atomic E-state index is -3.64. The zero-order valence-electron chi connectivity index (χ0n) is 8.54. The molecule has 0 saturated carbocycles. The summed E-state index contributed by atoms with van der Waals surface area (Å²) in [5.74, 6) is 0.184. The van der Waals surface area contributed by atoms with Crippen molar-refractivity contribution in [2.24, 2.45) is 0 Å². The fourth-order valence-corrected chi connectivity index (χ4v) is 3.21. The van der Waals surface area contributed by atoms with E-state index in [1.165, 1.54) is 18.3 Å². The van der Waals surface area contributed by atoms with Gasteiger partial charge in [-0.3, -0.25) is 4.72 Å². The van der Waals surface area contributed by atoms with Gasteiger partial charge in [0.25, 0.3) is 10.0 Å². The molecule has 88 valence electrons. The maximum atomic E-state index is 12.0. The molecule has 0 aliphatic carbocycles. The van der Waals surface area contributed by atoms with Gasteiger partial charge in [0.2, 0.25) is 0 Å². The number of anilines is 1. The summed E-state index contributed by atoms with van der Waals surface area (Å²) in [6.45, 7) is 0. The molecule has 0 amide bonds. The molecule has 2 aromatic rings. The first-order valence-corrected chi connectivity index (χ1v) is 6.92. The normalized spacial score (nSPS) is 11.1. The first-order valence-electron chi connectivity index (χ1n) is 4.65. The third kappa shape index (κ3) is 2.80. The SMILES string of the molecule is O=S(=O)(Nc1cccnn1)c1ccccc1Br. The van der Waals surface area contributed by atoms with Gasteiger partial charge in [-0.1, -0.05) is 12.1 Å². The van der Waals surface area contributed by atoms with Gasteiger partial charge < -0.3 is 0 Å². The topological polar surface area (TPSA) is 72.0 Å². The highest BCUT2D eigenvalue weighted by Crippen LogP contribution is 2.22. The van der Waals surface area contributed by atoms with Crippen molar-refractivity contribution < 1.29 is 8.42 Å². The molecule has 0 aliphatic heterocycles. The molecule has 0 bridgehead atoms. The monoisotopic (exact) mass is 313 g/mol. The van der Waals surface area contributed by atoms with Crippen molar-refractivity contribution >= 4 is 31.8 Å². The molecule has 0 spiro atoms. The van der Waals surface area contributed by atoms with Crippen LogP contribution in [0.2, 0.25) is 0 Å². The van der Waals surface area contributed by atoms with Crippen molar-refractivity contribution in [2.45, 2.75) is 4.90 Å². The zero-order chi connectivity index (χ0) is 12.3. The van der Waals surface area contributed by atoms with Crippen molar-refractivity contribution in [3.8, 4) is 0 Å². The number of nitrogens with one attached hydrogen (secondary N) is 1. The van der Waals surface area contributed by atoms with E-state index in [-0.39, 0.29) is 10.7 Å². The summed E-state index contributed by atoms with van der Waals surface area (Å²) in [6, 6.07) is 9.68. The number of halogens is 1. The van der Waals surface area contributed by atoms with Crippen LogP contribution in [0.15, 0.2) is 52.0 Å². The number of benzene rings is 1. The fraction of sp³-hybridized carbons (Fsp3) is 0. The van der Waals surface area contributed by atoms with Crippen molar-refractivity contribution in [3.05, 3.63) is 47.1 Å². The standard InChI is InChI=1S/C10H8BrN3O2S/c11-8-4-1-2-5-9(8)17(15,16)14-10-6-3-7-12-13-10/h1-7H,(H,13,14). The van der Waals surface area contributed by atoms with E-state index in [0.717, 1.165) is 0 Å². The Morgan fingerprint density at radius 3 is 2.53 bits per heavy atom. The van der Waals surface area contributed by atoms with Gasteiger partial charge in [-0.05, 0) is 40.2 Å². The molecule has 0 unspecified atom stereocenters. The van der Waals surface area contributed by atoms with Crippen LogP contribution in [0, 0.1) is 0 Å². The second kappa shape index (κ2) is 4.80. The van der Waals surface area contributed by atoms with E-state index in [4.69, 9.17) is 0 Å². The molecule has 0 saturated heterocycles. The lowest BCUT2D eigenvalue weighted by Crippen LogP contribution is -2.14. The molecular weight excluding hydrogens is 306 g/mol. The number of hydrogen-bond acceptors (Lipinski definition) is 4. The second-order valence-electron chi connectivity index (χ2n) is 3.14. The van der Waals surface area contributed by atoms with Crippen LogP contribution in [0.25, 0.3) is 0 Å². The lowest BCUT2D eigenvalue weighted by atomic mass is 10.4. The number of rotatable bonds is 3. The van der Waals surface area contributed by atoms with E-state index in [1.54, 1.807) is 24.3 Å². The second-order valence-corrected chi connectivity index (χ2v) is 5.65. The highest BCUT2D eigenvalue weighted by molar-refractivity contribution is 9.10. The van der Waals surface area contributed by atoms with E-state index >= 15 is 0 Å². The summed E-state index contributed by atoms with van der Waals surface area (Å²) >= 11 is 3.19. The molecule has 1 N–H and O–H groups in total. The van der Waals surface area contributed by atoms with Crippen LogP contribution < -0.4 is 4.72 Å². The summed E-state index contributed by atoms with van der Waals surface area (Å²) in [5, 5.41) is 7.26. The highest BCUT2D eigenvalue weighted by atomic mass is 79.9. The lowest BCUT2D eigenvalue weighted by Gasteiger charge is -2.07. The first-order chi connectivity index (χ1) is 8.09. The average Bonchev–Trinajstić information content (AvgIpc) is 2.30. The van der Waals surface area contributed by atoms with Gasteiger partial charge >= 0.3 is 0 Å². The molecule has 1 aromatic heterocycles. The van der Waals surface area contributed by atoms with Crippen molar-refractivity contribution in [2.75, 3.05) is 4.72 Å². The Hall–Kier alpha value is -1.47. The summed E-state index contributed by atoms with van der Waals surface area (Å²) < 4.78 is 26.9. The molecule has 0 atom stereocenters. The number of sulfonamides is 1. The van der Waals surface area contributed by atoms with Crippen molar-refractivity contribution in [3.63, 3.8) is 0 Å². The minimum Gasteiger partial charge on any atom is -0.262 e. The fourth-order valence-electron chi connectivity index (χ4n) is 1.21. The zero-order valence-corrected chi connectivity index (χ0v) is 10.9. The Labute approximate surface area is 107 Å². The third-order valence-corrected chi connectivity index (χ3v) is 4.30. The van der Waals surface area contributed by atoms with Crippen LogP contribution >= 0.6 is 15.9 Å². The lowest BCUT2D eigenvalue weighted by molar-refractivity contribution is 0.600. The predicted octanol–water partition coefficient (Wildman–Crippen LogP) is 2.04. The number of hydrogen-bond donors (Lipinski definition) is 1. The molecule has 17 heavy (non-hydrogen) atoms. The molecule has 1 aromatic carbocycles. The Morgan fingerprint density at radius 1 is 1.12 bits per heavy atom. The smallest absolute Gasteiger partial charge is 0.262 e. The van der Waals surface area contributed by atoms with Crippen molar-refractivity contribution in [1.82, 2.24) is 10.2 Å². The minimum absolute atomic E-state index is 0.158. The Bertz CT molecular complexity index is 616. The molecule has 0 radical (unpaired) electrons. The van der Waals surface area contributed by atoms with Gasteiger partial charge in [-0.2, -0.15) is 5.10 Å². The van der Waals surface area contributed by atoms with Crippen LogP contribution in [-0.2, 0) is 10.0 Å². The molecular formula is C10H8BrN3O2S. The Kier molecular flexibility index (Phi) is 3.39. The number of nitrogens with zero attached hydrogens (tertiary/aromatic N) is 2. The van der Waals surface area contributed by atoms with E-state index in [2.05, 4.69) is 30.8 Å². The van der Waals surface area contributed by atoms with Gasteiger partial charge in [0.1, 0.15) is 4.90 Å². The predicted molar refractivity (Wildman–Crippen MR) is 67.0 cm³/mol. The number of aromatic nitrogens is 2. The quantitative estimate of drug-likeness (QED) is 0.941. The molecule has 0 fully saturated rings. The first kappa shape index (κ1) is 12.0. The highest BCUT2D eigenvalue weighted by Gasteiger charge is 2.17. The summed E-state index contributed by atoms with van der Waals surface area (Å²) in [7, 11) is -3.64. The van der Waals surface area contributed by atoms with Crippen LogP contribution in [0.4, 0.5) is 5.82 Å². The van der Waals surface area contributed by atoms with E-state index < -0.39 is 10.0 Å². The molecule has 0 aliphatic rings. The molecule has 2 rings (SSSR count). The maximum Gasteiger partial charge on any atom is 0.264 e. The van der Waals surface area contributed by atoms with Crippen LogP contribution in [0.1, 0.15) is 0 Å². The van der Waals surface area contributed by atoms with Gasteiger partial charge in [0.05, 0.1) is 0 Å². The largest absolute Gasteiger partial charge is 0.264 e. The van der Waals surface area contributed by atoms with Crippen LogP contribution in [0.5, 0.6) is 0 Å². The summed E-state index contributed by atoms with van der Waals surface area (Å²) in [6.07, 6.45) is 1.47. The van der Waals surface area contributed by atoms with Gasteiger partial charge in [-0.25, -0.2) is 8.42 Å². The third-order valence-electron chi connectivity index (χ3n) is 1.94. The van der Waals surface area contributed by atoms with Crippen molar-refractivity contribution in [1.29, 1.82) is 0 Å². The van der Waals surface area contributed by atoms with Gasteiger partial charge in [-0.15, -0.1) is 5.10 Å². The average molecular weight is 314 g/mol.